The van der Waals surface area contributed by atoms with Crippen molar-refractivity contribution in [1.29, 1.82) is 0 Å². The number of nitrogens with one attached hydrogen (secondary N) is 1. The average molecular weight is 279 g/mol. The van der Waals surface area contributed by atoms with Crippen LogP contribution in [0.1, 0.15) is 44.0 Å². The van der Waals surface area contributed by atoms with Crippen LogP contribution >= 0.6 is 0 Å². The van der Waals surface area contributed by atoms with Gasteiger partial charge in [-0.3, -0.25) is 4.79 Å². The molecule has 0 unspecified atom stereocenters. The van der Waals surface area contributed by atoms with Crippen molar-refractivity contribution in [3.63, 3.8) is 0 Å². The lowest BCUT2D eigenvalue weighted by Gasteiger charge is -2.13. The molecular formula is C15H21NO4. The number of phenolic OH excluding ortho intramolecular Hbond substituents is 1. The average Bonchev–Trinajstić information content (AvgIpc) is 2.42. The highest BCUT2D eigenvalue weighted by molar-refractivity contribution is 5.97. The van der Waals surface area contributed by atoms with Crippen molar-refractivity contribution < 1.29 is 19.4 Å². The predicted octanol–water partition coefficient (Wildman–Crippen LogP) is 2.94. The number of esters is 1. The van der Waals surface area contributed by atoms with E-state index >= 15 is 0 Å². The minimum absolute atomic E-state index is 0.0502. The zero-order valence-electron chi connectivity index (χ0n) is 12.1. The summed E-state index contributed by atoms with van der Waals surface area (Å²) in [5, 5.41) is 12.4. The zero-order valence-corrected chi connectivity index (χ0v) is 12.1. The number of aromatic hydroxyl groups is 1. The molecule has 5 heteroatoms. The number of benzene rings is 1. The van der Waals surface area contributed by atoms with Gasteiger partial charge in [0.2, 0.25) is 5.91 Å². The zero-order chi connectivity index (χ0) is 15.1. The predicted molar refractivity (Wildman–Crippen MR) is 76.8 cm³/mol. The molecule has 1 rings (SSSR count). The maximum absolute atomic E-state index is 12.0. The lowest BCUT2D eigenvalue weighted by molar-refractivity contribution is -0.120. The van der Waals surface area contributed by atoms with E-state index in [1.807, 2.05) is 13.8 Å². The lowest BCUT2D eigenvalue weighted by Crippen LogP contribution is -2.21. The number of anilines is 1. The van der Waals surface area contributed by atoms with Gasteiger partial charge in [-0.15, -0.1) is 0 Å². The largest absolute Gasteiger partial charge is 0.507 e. The van der Waals surface area contributed by atoms with Gasteiger partial charge in [0, 0.05) is 11.6 Å². The van der Waals surface area contributed by atoms with Crippen LogP contribution in [0.4, 0.5) is 5.69 Å². The van der Waals surface area contributed by atoms with E-state index < -0.39 is 5.97 Å². The van der Waals surface area contributed by atoms with Crippen LogP contribution in [0.5, 0.6) is 5.75 Å². The Morgan fingerprint density at radius 2 is 1.90 bits per heavy atom. The molecule has 0 aliphatic rings. The first-order valence-electron chi connectivity index (χ1n) is 6.84. The number of hydrogen-bond acceptors (Lipinski definition) is 4. The number of carbonyl (C=O) groups is 2. The van der Waals surface area contributed by atoms with Gasteiger partial charge in [0.05, 0.1) is 6.61 Å². The molecule has 20 heavy (non-hydrogen) atoms. The van der Waals surface area contributed by atoms with Crippen LogP contribution in [0.25, 0.3) is 0 Å². The van der Waals surface area contributed by atoms with Crippen molar-refractivity contribution in [2.75, 3.05) is 11.9 Å². The molecule has 0 spiro atoms. The van der Waals surface area contributed by atoms with Gasteiger partial charge in [-0.1, -0.05) is 13.8 Å². The molecule has 110 valence electrons. The molecule has 0 fully saturated rings. The molecule has 1 aromatic rings. The topological polar surface area (TPSA) is 75.6 Å². The van der Waals surface area contributed by atoms with Gasteiger partial charge in [0.1, 0.15) is 11.3 Å². The molecule has 2 N–H and O–H groups in total. The summed E-state index contributed by atoms with van der Waals surface area (Å²) in [6, 6.07) is 4.35. The molecule has 0 saturated carbocycles. The lowest BCUT2D eigenvalue weighted by atomic mass is 10.0. The van der Waals surface area contributed by atoms with Crippen molar-refractivity contribution in [1.82, 2.24) is 0 Å². The highest BCUT2D eigenvalue weighted by atomic mass is 16.5. The second-order valence-electron chi connectivity index (χ2n) is 4.46. The highest BCUT2D eigenvalue weighted by Gasteiger charge is 2.17. The minimum Gasteiger partial charge on any atom is -0.507 e. The Balaban J connectivity index is 2.90. The van der Waals surface area contributed by atoms with Gasteiger partial charge >= 0.3 is 5.97 Å². The van der Waals surface area contributed by atoms with E-state index in [1.165, 1.54) is 12.1 Å². The van der Waals surface area contributed by atoms with E-state index in [2.05, 4.69) is 5.32 Å². The van der Waals surface area contributed by atoms with Gasteiger partial charge in [0.15, 0.2) is 0 Å². The summed E-state index contributed by atoms with van der Waals surface area (Å²) >= 11 is 0. The Labute approximate surface area is 118 Å². The van der Waals surface area contributed by atoms with E-state index in [0.717, 1.165) is 12.8 Å². The van der Waals surface area contributed by atoms with Gasteiger partial charge < -0.3 is 15.2 Å². The summed E-state index contributed by atoms with van der Waals surface area (Å²) in [7, 11) is 0. The van der Waals surface area contributed by atoms with Crippen LogP contribution < -0.4 is 5.32 Å². The number of ether oxygens (including phenoxy) is 1. The quantitative estimate of drug-likeness (QED) is 0.620. The van der Waals surface area contributed by atoms with Crippen LogP contribution in [-0.2, 0) is 9.53 Å². The highest BCUT2D eigenvalue weighted by Crippen LogP contribution is 2.23. The van der Waals surface area contributed by atoms with Gasteiger partial charge in [-0.05, 0) is 38.0 Å². The Morgan fingerprint density at radius 3 is 2.45 bits per heavy atom. The molecular weight excluding hydrogens is 258 g/mol. The molecule has 0 aliphatic carbocycles. The smallest absolute Gasteiger partial charge is 0.341 e. The van der Waals surface area contributed by atoms with Crippen LogP contribution in [0.2, 0.25) is 0 Å². The number of carbonyl (C=O) groups excluding carboxylic acids is 2. The Morgan fingerprint density at radius 1 is 1.25 bits per heavy atom. The third-order valence-corrected chi connectivity index (χ3v) is 3.12. The normalized spacial score (nSPS) is 10.4. The summed E-state index contributed by atoms with van der Waals surface area (Å²) in [5.41, 5.74) is 0.525. The van der Waals surface area contributed by atoms with Crippen molar-refractivity contribution in [2.45, 2.75) is 33.6 Å². The van der Waals surface area contributed by atoms with E-state index in [-0.39, 0.29) is 29.7 Å². The third-order valence-electron chi connectivity index (χ3n) is 3.12. The van der Waals surface area contributed by atoms with E-state index in [4.69, 9.17) is 4.74 Å². The third kappa shape index (κ3) is 3.98. The standard InChI is InChI=1S/C15H21NO4/c1-4-10(5-2)14(18)16-11-7-8-13(17)12(9-11)15(19)20-6-3/h7-10,17H,4-6H2,1-3H3,(H,16,18). The summed E-state index contributed by atoms with van der Waals surface area (Å²) in [6.45, 7) is 5.82. The SMILES string of the molecule is CCOC(=O)c1cc(NC(=O)C(CC)CC)ccc1O. The molecule has 0 aromatic heterocycles. The van der Waals surface area contributed by atoms with Crippen molar-refractivity contribution in [2.24, 2.45) is 5.92 Å². The molecule has 1 amide bonds. The fraction of sp³-hybridized carbons (Fsp3) is 0.467. The van der Waals surface area contributed by atoms with Crippen molar-refractivity contribution in [3.05, 3.63) is 23.8 Å². The van der Waals surface area contributed by atoms with E-state index in [1.54, 1.807) is 13.0 Å². The molecule has 0 bridgehead atoms. The van der Waals surface area contributed by atoms with Crippen molar-refractivity contribution in [3.8, 4) is 5.75 Å². The van der Waals surface area contributed by atoms with Crippen LogP contribution in [0.3, 0.4) is 0 Å². The summed E-state index contributed by atoms with van der Waals surface area (Å²) in [4.78, 5) is 23.6. The molecule has 0 heterocycles. The molecule has 5 nitrogen and oxygen atoms in total. The number of rotatable bonds is 6. The Kier molecular flexibility index (Phi) is 6.03. The van der Waals surface area contributed by atoms with E-state index in [9.17, 15) is 14.7 Å². The number of hydrogen-bond donors (Lipinski definition) is 2. The second-order valence-corrected chi connectivity index (χ2v) is 4.46. The van der Waals surface area contributed by atoms with Gasteiger partial charge in [0.25, 0.3) is 0 Å². The maximum Gasteiger partial charge on any atom is 0.341 e. The monoisotopic (exact) mass is 279 g/mol. The van der Waals surface area contributed by atoms with Crippen LogP contribution in [-0.4, -0.2) is 23.6 Å². The van der Waals surface area contributed by atoms with E-state index in [0.29, 0.717) is 5.69 Å². The minimum atomic E-state index is -0.608. The first kappa shape index (κ1) is 16.0. The first-order chi connectivity index (χ1) is 9.53. The fourth-order valence-electron chi connectivity index (χ4n) is 1.89. The van der Waals surface area contributed by atoms with Crippen LogP contribution in [0, 0.1) is 5.92 Å². The number of amides is 1. The molecule has 1 aromatic carbocycles. The van der Waals surface area contributed by atoms with Gasteiger partial charge in [-0.2, -0.15) is 0 Å². The fourth-order valence-corrected chi connectivity index (χ4v) is 1.89. The Bertz CT molecular complexity index is 481. The van der Waals surface area contributed by atoms with Crippen LogP contribution in [0.15, 0.2) is 18.2 Å². The number of phenols is 1. The second kappa shape index (κ2) is 7.53. The molecule has 0 radical (unpaired) electrons. The van der Waals surface area contributed by atoms with Gasteiger partial charge in [-0.25, -0.2) is 4.79 Å². The summed E-state index contributed by atoms with van der Waals surface area (Å²) in [6.07, 6.45) is 1.51. The van der Waals surface area contributed by atoms with Crippen molar-refractivity contribution >= 4 is 17.6 Å². The molecule has 0 aliphatic heterocycles. The summed E-state index contributed by atoms with van der Waals surface area (Å²) < 4.78 is 4.85. The first-order valence-corrected chi connectivity index (χ1v) is 6.84. The maximum atomic E-state index is 12.0. The molecule has 0 atom stereocenters. The molecule has 0 saturated heterocycles. The Hall–Kier alpha value is -2.04. The summed E-state index contributed by atoms with van der Waals surface area (Å²) in [5.74, 6) is -0.919.